The number of carbonyl (C=O) groups is 2. The van der Waals surface area contributed by atoms with E-state index in [0.29, 0.717) is 29.2 Å². The number of halogens is 1. The van der Waals surface area contributed by atoms with Crippen molar-refractivity contribution in [3.8, 4) is 0 Å². The largest absolute Gasteiger partial charge is 0.465 e. The van der Waals surface area contributed by atoms with Gasteiger partial charge in [-0.2, -0.15) is 0 Å². The molecule has 0 bridgehead atoms. The Morgan fingerprint density at radius 2 is 2.05 bits per heavy atom. The van der Waals surface area contributed by atoms with E-state index in [-0.39, 0.29) is 5.91 Å². The Hall–Kier alpha value is -1.59. The molecule has 2 N–H and O–H groups in total. The van der Waals surface area contributed by atoms with E-state index in [0.717, 1.165) is 13.0 Å². The van der Waals surface area contributed by atoms with Gasteiger partial charge >= 0.3 is 5.97 Å². The molecule has 1 amide bonds. The zero-order valence-corrected chi connectivity index (χ0v) is 12.4. The van der Waals surface area contributed by atoms with Gasteiger partial charge in [-0.1, -0.05) is 18.5 Å². The summed E-state index contributed by atoms with van der Waals surface area (Å²) in [6.07, 6.45) is 1.37. The molecule has 0 spiro atoms. The van der Waals surface area contributed by atoms with Crippen LogP contribution in [0.15, 0.2) is 18.2 Å². The molecule has 1 rings (SSSR count). The van der Waals surface area contributed by atoms with E-state index in [2.05, 4.69) is 22.3 Å². The molecule has 1 aromatic carbocycles. The number of ether oxygens (including phenoxy) is 1. The molecule has 0 radical (unpaired) electrons. The van der Waals surface area contributed by atoms with Crippen molar-refractivity contribution in [2.75, 3.05) is 25.5 Å². The maximum Gasteiger partial charge on any atom is 0.337 e. The van der Waals surface area contributed by atoms with Crippen LogP contribution in [0.3, 0.4) is 0 Å². The molecule has 1 aromatic rings. The van der Waals surface area contributed by atoms with Gasteiger partial charge < -0.3 is 15.4 Å². The maximum atomic E-state index is 11.8. The monoisotopic (exact) mass is 298 g/mol. The van der Waals surface area contributed by atoms with Gasteiger partial charge in [0.2, 0.25) is 5.91 Å². The summed E-state index contributed by atoms with van der Waals surface area (Å²) in [5, 5.41) is 6.21. The molecule has 5 nitrogen and oxygen atoms in total. The number of nitrogens with one attached hydrogen (secondary N) is 2. The molecule has 0 aliphatic heterocycles. The van der Waals surface area contributed by atoms with Crippen molar-refractivity contribution in [3.05, 3.63) is 28.8 Å². The normalized spacial score (nSPS) is 10.2. The lowest BCUT2D eigenvalue weighted by Gasteiger charge is -2.09. The van der Waals surface area contributed by atoms with Crippen LogP contribution in [0.2, 0.25) is 5.02 Å². The van der Waals surface area contributed by atoms with Crippen LogP contribution in [-0.2, 0) is 9.53 Å². The Kier molecular flexibility index (Phi) is 7.04. The lowest BCUT2D eigenvalue weighted by atomic mass is 10.2. The van der Waals surface area contributed by atoms with Crippen molar-refractivity contribution in [1.29, 1.82) is 0 Å². The predicted octanol–water partition coefficient (Wildman–Crippen LogP) is 2.45. The average molecular weight is 299 g/mol. The van der Waals surface area contributed by atoms with Gasteiger partial charge in [0.05, 0.1) is 23.4 Å². The van der Waals surface area contributed by atoms with Crippen LogP contribution < -0.4 is 10.6 Å². The number of rotatable bonds is 7. The Morgan fingerprint density at radius 1 is 1.30 bits per heavy atom. The zero-order valence-electron chi connectivity index (χ0n) is 11.7. The third-order valence-corrected chi connectivity index (χ3v) is 2.95. The van der Waals surface area contributed by atoms with Gasteiger partial charge in [0, 0.05) is 13.0 Å². The van der Waals surface area contributed by atoms with Gasteiger partial charge in [-0.3, -0.25) is 4.79 Å². The van der Waals surface area contributed by atoms with Crippen molar-refractivity contribution in [2.24, 2.45) is 0 Å². The van der Waals surface area contributed by atoms with Crippen LogP contribution in [0.4, 0.5) is 5.69 Å². The average Bonchev–Trinajstić information content (AvgIpc) is 2.45. The van der Waals surface area contributed by atoms with E-state index in [1.54, 1.807) is 12.1 Å². The lowest BCUT2D eigenvalue weighted by molar-refractivity contribution is -0.116. The maximum absolute atomic E-state index is 11.8. The van der Waals surface area contributed by atoms with Gasteiger partial charge in [0.25, 0.3) is 0 Å². The molecule has 0 fully saturated rings. The highest BCUT2D eigenvalue weighted by Crippen LogP contribution is 2.23. The fraction of sp³-hybridized carbons (Fsp3) is 0.429. The SMILES string of the molecule is CCCNCCC(=O)Nc1cc(C(=O)OC)ccc1Cl. The first-order valence-electron chi connectivity index (χ1n) is 6.47. The van der Waals surface area contributed by atoms with Crippen molar-refractivity contribution >= 4 is 29.2 Å². The Morgan fingerprint density at radius 3 is 2.70 bits per heavy atom. The Balaban J connectivity index is 2.62. The summed E-state index contributed by atoms with van der Waals surface area (Å²) in [6, 6.07) is 4.61. The summed E-state index contributed by atoms with van der Waals surface area (Å²) in [7, 11) is 1.30. The minimum absolute atomic E-state index is 0.155. The molecular formula is C14H19ClN2O3. The van der Waals surface area contributed by atoms with Crippen molar-refractivity contribution in [3.63, 3.8) is 0 Å². The number of anilines is 1. The van der Waals surface area contributed by atoms with Crippen LogP contribution in [0.25, 0.3) is 0 Å². The molecule has 0 saturated heterocycles. The summed E-state index contributed by atoms with van der Waals surface area (Å²) in [6.45, 7) is 3.55. The van der Waals surface area contributed by atoms with Crippen molar-refractivity contribution < 1.29 is 14.3 Å². The number of methoxy groups -OCH3 is 1. The van der Waals surface area contributed by atoms with Gasteiger partial charge in [0.15, 0.2) is 0 Å². The smallest absolute Gasteiger partial charge is 0.337 e. The predicted molar refractivity (Wildman–Crippen MR) is 79.2 cm³/mol. The number of esters is 1. The molecule has 0 aromatic heterocycles. The van der Waals surface area contributed by atoms with E-state index in [1.165, 1.54) is 13.2 Å². The topological polar surface area (TPSA) is 67.4 Å². The molecule has 0 saturated carbocycles. The Labute approximate surface area is 123 Å². The molecule has 110 valence electrons. The highest BCUT2D eigenvalue weighted by Gasteiger charge is 2.11. The standard InChI is InChI=1S/C14H19ClN2O3/c1-3-7-16-8-6-13(18)17-12-9-10(14(19)20-2)4-5-11(12)15/h4-5,9,16H,3,6-8H2,1-2H3,(H,17,18). The van der Waals surface area contributed by atoms with Crippen molar-refractivity contribution in [1.82, 2.24) is 5.32 Å². The van der Waals surface area contributed by atoms with E-state index in [1.807, 2.05) is 0 Å². The first kappa shape index (κ1) is 16.5. The van der Waals surface area contributed by atoms with E-state index in [4.69, 9.17) is 11.6 Å². The third-order valence-electron chi connectivity index (χ3n) is 2.62. The first-order valence-corrected chi connectivity index (χ1v) is 6.84. The molecule has 0 atom stereocenters. The molecule has 20 heavy (non-hydrogen) atoms. The van der Waals surface area contributed by atoms with Crippen LogP contribution in [0.1, 0.15) is 30.1 Å². The van der Waals surface area contributed by atoms with Crippen LogP contribution in [0, 0.1) is 0 Å². The first-order chi connectivity index (χ1) is 9.58. The highest BCUT2D eigenvalue weighted by molar-refractivity contribution is 6.33. The van der Waals surface area contributed by atoms with Gasteiger partial charge in [-0.05, 0) is 31.2 Å². The fourth-order valence-corrected chi connectivity index (χ4v) is 1.75. The van der Waals surface area contributed by atoms with Crippen LogP contribution >= 0.6 is 11.6 Å². The van der Waals surface area contributed by atoms with Crippen LogP contribution in [0.5, 0.6) is 0 Å². The third kappa shape index (κ3) is 5.19. The summed E-state index contributed by atoms with van der Waals surface area (Å²) >= 11 is 5.99. The molecule has 0 aliphatic rings. The van der Waals surface area contributed by atoms with Crippen LogP contribution in [-0.4, -0.2) is 32.1 Å². The number of amides is 1. The van der Waals surface area contributed by atoms with E-state index >= 15 is 0 Å². The summed E-state index contributed by atoms with van der Waals surface area (Å²) in [5.74, 6) is -0.626. The second-order valence-electron chi connectivity index (χ2n) is 4.23. The number of benzene rings is 1. The molecule has 0 aliphatic carbocycles. The second-order valence-corrected chi connectivity index (χ2v) is 4.64. The number of hydrogen-bond acceptors (Lipinski definition) is 4. The number of hydrogen-bond donors (Lipinski definition) is 2. The van der Waals surface area contributed by atoms with Gasteiger partial charge in [-0.15, -0.1) is 0 Å². The van der Waals surface area contributed by atoms with E-state index < -0.39 is 5.97 Å². The Bertz CT molecular complexity index is 477. The quantitative estimate of drug-likeness (QED) is 0.599. The molecular weight excluding hydrogens is 280 g/mol. The van der Waals surface area contributed by atoms with Gasteiger partial charge in [0.1, 0.15) is 0 Å². The minimum atomic E-state index is -0.471. The number of carbonyl (C=O) groups excluding carboxylic acids is 2. The molecule has 6 heteroatoms. The lowest BCUT2D eigenvalue weighted by Crippen LogP contribution is -2.22. The zero-order chi connectivity index (χ0) is 15.0. The minimum Gasteiger partial charge on any atom is -0.465 e. The van der Waals surface area contributed by atoms with Gasteiger partial charge in [-0.25, -0.2) is 4.79 Å². The highest BCUT2D eigenvalue weighted by atomic mass is 35.5. The summed E-state index contributed by atoms with van der Waals surface area (Å²) < 4.78 is 4.62. The molecule has 0 heterocycles. The van der Waals surface area contributed by atoms with E-state index in [9.17, 15) is 9.59 Å². The summed E-state index contributed by atoms with van der Waals surface area (Å²) in [4.78, 5) is 23.2. The fourth-order valence-electron chi connectivity index (χ4n) is 1.58. The summed E-state index contributed by atoms with van der Waals surface area (Å²) in [5.41, 5.74) is 0.756. The van der Waals surface area contributed by atoms with Crippen molar-refractivity contribution in [2.45, 2.75) is 19.8 Å². The second kappa shape index (κ2) is 8.55. The molecule has 0 unspecified atom stereocenters.